The molecule has 0 aliphatic carbocycles. The Morgan fingerprint density at radius 2 is 2.04 bits per heavy atom. The van der Waals surface area contributed by atoms with E-state index in [-0.39, 0.29) is 30.3 Å². The number of carbonyl (C=O) groups excluding carboxylic acids is 1. The van der Waals surface area contributed by atoms with Gasteiger partial charge in [-0.15, -0.1) is 0 Å². The summed E-state index contributed by atoms with van der Waals surface area (Å²) >= 11 is 0. The van der Waals surface area contributed by atoms with E-state index in [2.05, 4.69) is 11.9 Å². The van der Waals surface area contributed by atoms with Gasteiger partial charge in [-0.1, -0.05) is 12.7 Å². The Hall–Kier alpha value is -2.97. The van der Waals surface area contributed by atoms with E-state index < -0.39 is 28.4 Å². The first kappa shape index (κ1) is 17.4. The first-order valence-electron chi connectivity index (χ1n) is 7.22. The second kappa shape index (κ2) is 7.07. The Morgan fingerprint density at radius 1 is 1.42 bits per heavy atom. The van der Waals surface area contributed by atoms with Crippen LogP contribution in [0.25, 0.3) is 6.08 Å². The van der Waals surface area contributed by atoms with E-state index in [9.17, 15) is 24.1 Å². The smallest absolute Gasteiger partial charge is 0.407 e. The third-order valence-corrected chi connectivity index (χ3v) is 3.88. The van der Waals surface area contributed by atoms with E-state index in [1.807, 2.05) is 0 Å². The topological polar surface area (TPSA) is 113 Å². The molecule has 0 spiro atoms. The van der Waals surface area contributed by atoms with Crippen molar-refractivity contribution in [1.82, 2.24) is 10.2 Å². The van der Waals surface area contributed by atoms with Gasteiger partial charge in [-0.3, -0.25) is 14.9 Å². The zero-order chi connectivity index (χ0) is 17.9. The number of benzene rings is 1. The molecule has 1 heterocycles. The number of likely N-dealkylation sites (tertiary alicyclic amines) is 1. The molecule has 0 aromatic heterocycles. The molecule has 0 atom stereocenters. The van der Waals surface area contributed by atoms with Crippen molar-refractivity contribution in [3.63, 3.8) is 0 Å². The fourth-order valence-corrected chi connectivity index (χ4v) is 2.56. The van der Waals surface area contributed by atoms with Crippen LogP contribution >= 0.6 is 0 Å². The van der Waals surface area contributed by atoms with Crippen LogP contribution in [0.2, 0.25) is 0 Å². The van der Waals surface area contributed by atoms with Gasteiger partial charge >= 0.3 is 11.8 Å². The quantitative estimate of drug-likeness (QED) is 0.646. The molecule has 24 heavy (non-hydrogen) atoms. The number of amides is 2. The number of piperidine rings is 1. The number of nitro benzene ring substituents is 1. The fourth-order valence-electron chi connectivity index (χ4n) is 2.56. The molecule has 1 saturated heterocycles. The van der Waals surface area contributed by atoms with Gasteiger partial charge in [0.1, 0.15) is 0 Å². The zero-order valence-electron chi connectivity index (χ0n) is 12.7. The number of hydrogen-bond acceptors (Lipinski definition) is 4. The van der Waals surface area contributed by atoms with Gasteiger partial charge in [0.15, 0.2) is 0 Å². The lowest BCUT2D eigenvalue weighted by Crippen LogP contribution is -2.46. The van der Waals surface area contributed by atoms with Gasteiger partial charge in [0.2, 0.25) is 5.82 Å². The summed E-state index contributed by atoms with van der Waals surface area (Å²) < 4.78 is 13.6. The molecule has 1 aromatic rings. The maximum Gasteiger partial charge on any atom is 0.407 e. The van der Waals surface area contributed by atoms with Crippen molar-refractivity contribution in [1.29, 1.82) is 0 Å². The van der Waals surface area contributed by atoms with Crippen molar-refractivity contribution >= 4 is 23.8 Å². The highest BCUT2D eigenvalue weighted by atomic mass is 19.1. The van der Waals surface area contributed by atoms with Crippen LogP contribution in [0.1, 0.15) is 28.8 Å². The first-order chi connectivity index (χ1) is 11.3. The molecule has 0 bridgehead atoms. The van der Waals surface area contributed by atoms with E-state index in [0.29, 0.717) is 12.8 Å². The highest BCUT2D eigenvalue weighted by Crippen LogP contribution is 2.23. The van der Waals surface area contributed by atoms with Crippen LogP contribution in [0.4, 0.5) is 14.9 Å². The second-order valence-electron chi connectivity index (χ2n) is 5.37. The normalized spacial score (nSPS) is 15.0. The minimum absolute atomic E-state index is 0.0428. The Kier molecular flexibility index (Phi) is 5.12. The van der Waals surface area contributed by atoms with Crippen molar-refractivity contribution < 1.29 is 24.0 Å². The maximum absolute atomic E-state index is 13.6. The number of rotatable bonds is 4. The molecule has 1 aliphatic heterocycles. The molecule has 1 aliphatic rings. The molecule has 2 rings (SSSR count). The number of carboxylic acid groups (broad SMARTS) is 1. The zero-order valence-corrected chi connectivity index (χ0v) is 12.7. The highest BCUT2D eigenvalue weighted by molar-refractivity contribution is 5.98. The standard InChI is InChI=1S/C15H16FN3O5/c1-2-9-7-12(16)13(19(23)24)8-11(9)14(20)17-10-3-5-18(6-4-10)15(21)22/h2,7-8,10H,1,3-6H2,(H,17,20)(H,21,22). The van der Waals surface area contributed by atoms with Gasteiger partial charge in [0.05, 0.1) is 10.5 Å². The van der Waals surface area contributed by atoms with Crippen LogP contribution in [0.15, 0.2) is 18.7 Å². The molecule has 2 N–H and O–H groups in total. The summed E-state index contributed by atoms with van der Waals surface area (Å²) in [5.41, 5.74) is -0.677. The van der Waals surface area contributed by atoms with Gasteiger partial charge in [0, 0.05) is 25.2 Å². The van der Waals surface area contributed by atoms with Crippen LogP contribution in [0, 0.1) is 15.9 Å². The second-order valence-corrected chi connectivity index (χ2v) is 5.37. The Morgan fingerprint density at radius 3 is 2.54 bits per heavy atom. The summed E-state index contributed by atoms with van der Waals surface area (Å²) in [4.78, 5) is 34.4. The lowest BCUT2D eigenvalue weighted by atomic mass is 10.0. The van der Waals surface area contributed by atoms with Gasteiger partial charge in [-0.05, 0) is 24.5 Å². The van der Waals surface area contributed by atoms with Crippen molar-refractivity contribution in [2.45, 2.75) is 18.9 Å². The van der Waals surface area contributed by atoms with E-state index in [4.69, 9.17) is 5.11 Å². The number of nitrogens with one attached hydrogen (secondary N) is 1. The minimum atomic E-state index is -1.04. The van der Waals surface area contributed by atoms with Gasteiger partial charge < -0.3 is 15.3 Å². The maximum atomic E-state index is 13.6. The predicted molar refractivity (Wildman–Crippen MR) is 83.2 cm³/mol. The summed E-state index contributed by atoms with van der Waals surface area (Å²) in [6.45, 7) is 4.06. The SMILES string of the molecule is C=Cc1cc(F)c([N+](=O)[O-])cc1C(=O)NC1CCN(C(=O)O)CC1. The van der Waals surface area contributed by atoms with E-state index >= 15 is 0 Å². The Balaban J connectivity index is 2.15. The third kappa shape index (κ3) is 3.67. The average Bonchev–Trinajstić information content (AvgIpc) is 2.54. The lowest BCUT2D eigenvalue weighted by Gasteiger charge is -2.30. The van der Waals surface area contributed by atoms with Gasteiger partial charge in [0.25, 0.3) is 5.91 Å². The molecular formula is C15H16FN3O5. The van der Waals surface area contributed by atoms with Crippen molar-refractivity contribution in [2.24, 2.45) is 0 Å². The van der Waals surface area contributed by atoms with Crippen molar-refractivity contribution in [3.8, 4) is 0 Å². The predicted octanol–water partition coefficient (Wildman–Crippen LogP) is 2.25. The number of halogens is 1. The van der Waals surface area contributed by atoms with Crippen molar-refractivity contribution in [2.75, 3.05) is 13.1 Å². The van der Waals surface area contributed by atoms with Crippen LogP contribution in [-0.2, 0) is 0 Å². The molecule has 0 saturated carbocycles. The number of carbonyl (C=O) groups is 2. The molecule has 1 aromatic carbocycles. The van der Waals surface area contributed by atoms with Crippen molar-refractivity contribution in [3.05, 3.63) is 45.8 Å². The molecule has 0 unspecified atom stereocenters. The third-order valence-electron chi connectivity index (χ3n) is 3.88. The van der Waals surface area contributed by atoms with Crippen LogP contribution in [0.5, 0.6) is 0 Å². The molecule has 9 heteroatoms. The largest absolute Gasteiger partial charge is 0.465 e. The first-order valence-corrected chi connectivity index (χ1v) is 7.22. The van der Waals surface area contributed by atoms with E-state index in [0.717, 1.165) is 12.1 Å². The summed E-state index contributed by atoms with van der Waals surface area (Å²) in [6, 6.07) is 1.52. The van der Waals surface area contributed by atoms with E-state index in [1.54, 1.807) is 0 Å². The summed E-state index contributed by atoms with van der Waals surface area (Å²) in [7, 11) is 0. The van der Waals surface area contributed by atoms with Gasteiger partial charge in [-0.2, -0.15) is 4.39 Å². The fraction of sp³-hybridized carbons (Fsp3) is 0.333. The summed E-state index contributed by atoms with van der Waals surface area (Å²) in [5.74, 6) is -1.62. The molecule has 1 fully saturated rings. The van der Waals surface area contributed by atoms with E-state index in [1.165, 1.54) is 11.0 Å². The average molecular weight is 337 g/mol. The molecule has 8 nitrogen and oxygen atoms in total. The molecule has 128 valence electrons. The number of hydrogen-bond donors (Lipinski definition) is 2. The van der Waals surface area contributed by atoms with Gasteiger partial charge in [-0.25, -0.2) is 4.79 Å². The summed E-state index contributed by atoms with van der Waals surface area (Å²) in [6.07, 6.45) is 1.10. The van der Waals surface area contributed by atoms with Crippen LogP contribution in [0.3, 0.4) is 0 Å². The lowest BCUT2D eigenvalue weighted by molar-refractivity contribution is -0.387. The Bertz CT molecular complexity index is 699. The van der Waals surface area contributed by atoms with Crippen LogP contribution < -0.4 is 5.32 Å². The number of nitro groups is 1. The molecule has 0 radical (unpaired) electrons. The monoisotopic (exact) mass is 337 g/mol. The van der Waals surface area contributed by atoms with Crippen LogP contribution in [-0.4, -0.2) is 46.1 Å². The highest BCUT2D eigenvalue weighted by Gasteiger charge is 2.26. The molecular weight excluding hydrogens is 321 g/mol. The molecule has 2 amide bonds. The Labute approximate surface area is 136 Å². The summed E-state index contributed by atoms with van der Waals surface area (Å²) in [5, 5.41) is 22.4. The number of nitrogens with zero attached hydrogens (tertiary/aromatic N) is 2. The minimum Gasteiger partial charge on any atom is -0.465 e.